The van der Waals surface area contributed by atoms with Crippen molar-refractivity contribution in [3.63, 3.8) is 0 Å². The van der Waals surface area contributed by atoms with Crippen LogP contribution >= 0.6 is 22.9 Å². The number of nitrogens with zero attached hydrogens (tertiary/aromatic N) is 2. The van der Waals surface area contributed by atoms with Crippen molar-refractivity contribution in [2.45, 2.75) is 6.92 Å². The number of hydrazine groups is 1. The second-order valence-corrected chi connectivity index (χ2v) is 5.06. The molecule has 0 bridgehead atoms. The number of aromatic nitrogens is 2. The molecule has 0 aliphatic carbocycles. The Kier molecular flexibility index (Phi) is 3.75. The number of halogens is 1. The zero-order chi connectivity index (χ0) is 13.1. The van der Waals surface area contributed by atoms with Crippen molar-refractivity contribution in [1.82, 2.24) is 9.97 Å². The molecule has 0 saturated carbocycles. The molecule has 0 atom stereocenters. The number of amides is 1. The van der Waals surface area contributed by atoms with Crippen molar-refractivity contribution in [3.8, 4) is 0 Å². The van der Waals surface area contributed by atoms with Gasteiger partial charge in [0.2, 0.25) is 0 Å². The minimum atomic E-state index is -0.315. The molecule has 8 heteroatoms. The highest BCUT2D eigenvalue weighted by Gasteiger charge is 2.11. The molecule has 1 amide bonds. The quantitative estimate of drug-likeness (QED) is 0.455. The summed E-state index contributed by atoms with van der Waals surface area (Å²) in [6.07, 6.45) is 1.69. The summed E-state index contributed by atoms with van der Waals surface area (Å²) in [7, 11) is 0. The second kappa shape index (κ2) is 5.30. The minimum absolute atomic E-state index is 0.186. The number of pyridine rings is 1. The van der Waals surface area contributed by atoms with E-state index in [0.717, 1.165) is 4.88 Å². The van der Waals surface area contributed by atoms with Gasteiger partial charge in [0.05, 0.1) is 0 Å². The fraction of sp³-hybridized carbons (Fsp3) is 0.100. The summed E-state index contributed by atoms with van der Waals surface area (Å²) >= 11 is 7.17. The summed E-state index contributed by atoms with van der Waals surface area (Å²) in [5.41, 5.74) is 2.70. The van der Waals surface area contributed by atoms with Crippen LogP contribution in [0.2, 0.25) is 5.15 Å². The molecule has 4 N–H and O–H groups in total. The summed E-state index contributed by atoms with van der Waals surface area (Å²) < 4.78 is 0. The highest BCUT2D eigenvalue weighted by molar-refractivity contribution is 7.15. The number of carbonyl (C=O) groups is 1. The van der Waals surface area contributed by atoms with E-state index in [4.69, 9.17) is 17.4 Å². The molecule has 0 unspecified atom stereocenters. The number of rotatable bonds is 3. The Hall–Kier alpha value is -1.70. The molecule has 2 aromatic rings. The van der Waals surface area contributed by atoms with Gasteiger partial charge < -0.3 is 5.43 Å². The van der Waals surface area contributed by atoms with Gasteiger partial charge in [0, 0.05) is 16.6 Å². The Balaban J connectivity index is 2.20. The molecule has 6 nitrogen and oxygen atoms in total. The maximum absolute atomic E-state index is 11.9. The Bertz CT molecular complexity index is 585. The van der Waals surface area contributed by atoms with Crippen LogP contribution in [-0.4, -0.2) is 15.9 Å². The molecular formula is C10H10ClN5OS. The third kappa shape index (κ3) is 2.95. The fourth-order valence-corrected chi connectivity index (χ4v) is 2.15. The summed E-state index contributed by atoms with van der Waals surface area (Å²) in [5.74, 6) is 5.24. The van der Waals surface area contributed by atoms with E-state index in [1.165, 1.54) is 23.5 Å². The van der Waals surface area contributed by atoms with Crippen LogP contribution < -0.4 is 16.6 Å². The van der Waals surface area contributed by atoms with Gasteiger partial charge in [0.25, 0.3) is 5.91 Å². The molecule has 0 aliphatic rings. The number of hydrogen-bond acceptors (Lipinski definition) is 6. The van der Waals surface area contributed by atoms with Crippen molar-refractivity contribution >= 4 is 39.8 Å². The second-order valence-electron chi connectivity index (χ2n) is 3.44. The van der Waals surface area contributed by atoms with E-state index < -0.39 is 0 Å². The summed E-state index contributed by atoms with van der Waals surface area (Å²) in [6, 6.07) is 2.96. The zero-order valence-corrected chi connectivity index (χ0v) is 11.0. The number of aryl methyl sites for hydroxylation is 1. The van der Waals surface area contributed by atoms with Crippen LogP contribution in [0.3, 0.4) is 0 Å². The number of nitrogen functional groups attached to an aromatic ring is 1. The van der Waals surface area contributed by atoms with Gasteiger partial charge >= 0.3 is 0 Å². The number of carbonyl (C=O) groups excluding carboxylic acids is 1. The van der Waals surface area contributed by atoms with Gasteiger partial charge in [-0.3, -0.25) is 10.1 Å². The molecule has 0 aromatic carbocycles. The van der Waals surface area contributed by atoms with Crippen molar-refractivity contribution in [1.29, 1.82) is 0 Å². The molecule has 0 radical (unpaired) electrons. The molecule has 0 spiro atoms. The average Bonchev–Trinajstić information content (AvgIpc) is 2.73. The molecule has 0 aliphatic heterocycles. The smallest absolute Gasteiger partial charge is 0.257 e. The number of nitrogens with two attached hydrogens (primary N) is 1. The van der Waals surface area contributed by atoms with Gasteiger partial charge in [0.15, 0.2) is 5.13 Å². The average molecular weight is 284 g/mol. The third-order valence-corrected chi connectivity index (χ3v) is 3.07. The van der Waals surface area contributed by atoms with E-state index in [9.17, 15) is 4.79 Å². The predicted octanol–water partition coefficient (Wildman–Crippen LogP) is 2.04. The Morgan fingerprint density at radius 2 is 2.28 bits per heavy atom. The fourth-order valence-electron chi connectivity index (χ4n) is 1.28. The van der Waals surface area contributed by atoms with Crippen LogP contribution in [0, 0.1) is 6.92 Å². The van der Waals surface area contributed by atoms with Crippen LogP contribution in [0.5, 0.6) is 0 Å². The first-order chi connectivity index (χ1) is 8.58. The first-order valence-corrected chi connectivity index (χ1v) is 6.16. The molecule has 0 fully saturated rings. The van der Waals surface area contributed by atoms with E-state index in [1.807, 2.05) is 6.92 Å². The summed E-state index contributed by atoms with van der Waals surface area (Å²) in [4.78, 5) is 20.9. The van der Waals surface area contributed by atoms with Crippen LogP contribution in [0.1, 0.15) is 15.2 Å². The van der Waals surface area contributed by atoms with E-state index >= 15 is 0 Å². The van der Waals surface area contributed by atoms with Crippen molar-refractivity contribution in [2.24, 2.45) is 5.84 Å². The normalized spacial score (nSPS) is 10.2. The standard InChI is InChI=1S/C10H10ClN5OS/c1-5-4-13-10(18-5)15-9(17)6-2-7(11)14-8(3-6)16-12/h2-4H,12H2,1H3,(H,14,16)(H,13,15,17). The number of hydrogen-bond donors (Lipinski definition) is 3. The molecule has 2 heterocycles. The monoisotopic (exact) mass is 283 g/mol. The topological polar surface area (TPSA) is 92.9 Å². The van der Waals surface area contributed by atoms with E-state index in [2.05, 4.69) is 20.7 Å². The molecule has 2 aromatic heterocycles. The lowest BCUT2D eigenvalue weighted by molar-refractivity contribution is 0.102. The van der Waals surface area contributed by atoms with Gasteiger partial charge in [0.1, 0.15) is 11.0 Å². The predicted molar refractivity (Wildman–Crippen MR) is 71.9 cm³/mol. The largest absolute Gasteiger partial charge is 0.308 e. The van der Waals surface area contributed by atoms with Crippen molar-refractivity contribution < 1.29 is 4.79 Å². The molecule has 18 heavy (non-hydrogen) atoms. The van der Waals surface area contributed by atoms with Crippen LogP contribution in [0.25, 0.3) is 0 Å². The SMILES string of the molecule is Cc1cnc(NC(=O)c2cc(Cl)nc(NN)c2)s1. The summed E-state index contributed by atoms with van der Waals surface area (Å²) in [6.45, 7) is 1.91. The van der Waals surface area contributed by atoms with Gasteiger partial charge in [-0.2, -0.15) is 0 Å². The number of nitrogens with one attached hydrogen (secondary N) is 2. The van der Waals surface area contributed by atoms with Crippen LogP contribution in [-0.2, 0) is 0 Å². The van der Waals surface area contributed by atoms with Gasteiger partial charge in [-0.25, -0.2) is 15.8 Å². The first kappa shape index (κ1) is 12.7. The van der Waals surface area contributed by atoms with E-state index in [-0.39, 0.29) is 11.1 Å². The maximum Gasteiger partial charge on any atom is 0.257 e. The minimum Gasteiger partial charge on any atom is -0.308 e. The maximum atomic E-state index is 11.9. The Labute approximate surface area is 112 Å². The molecule has 2 rings (SSSR count). The van der Waals surface area contributed by atoms with Gasteiger partial charge in [-0.05, 0) is 19.1 Å². The lowest BCUT2D eigenvalue weighted by Crippen LogP contribution is -2.14. The lowest BCUT2D eigenvalue weighted by Gasteiger charge is -2.05. The van der Waals surface area contributed by atoms with Gasteiger partial charge in [-0.1, -0.05) is 11.6 Å². The third-order valence-electron chi connectivity index (χ3n) is 2.05. The zero-order valence-electron chi connectivity index (χ0n) is 9.40. The first-order valence-electron chi connectivity index (χ1n) is 4.96. The summed E-state index contributed by atoms with van der Waals surface area (Å²) in [5, 5.41) is 3.39. The van der Waals surface area contributed by atoms with Gasteiger partial charge in [-0.15, -0.1) is 11.3 Å². The number of anilines is 2. The van der Waals surface area contributed by atoms with Crippen molar-refractivity contribution in [2.75, 3.05) is 10.7 Å². The molecule has 0 saturated heterocycles. The lowest BCUT2D eigenvalue weighted by atomic mass is 10.2. The van der Waals surface area contributed by atoms with E-state index in [0.29, 0.717) is 16.5 Å². The Morgan fingerprint density at radius 3 is 2.89 bits per heavy atom. The van der Waals surface area contributed by atoms with Crippen molar-refractivity contribution in [3.05, 3.63) is 33.9 Å². The van der Waals surface area contributed by atoms with E-state index in [1.54, 1.807) is 6.20 Å². The molecule has 94 valence electrons. The highest BCUT2D eigenvalue weighted by Crippen LogP contribution is 2.19. The van der Waals surface area contributed by atoms with Crippen LogP contribution in [0.4, 0.5) is 10.9 Å². The molecular weight excluding hydrogens is 274 g/mol. The highest BCUT2D eigenvalue weighted by atomic mass is 35.5. The Morgan fingerprint density at radius 1 is 1.50 bits per heavy atom. The number of thiazole rings is 1. The van der Waals surface area contributed by atoms with Crippen LogP contribution in [0.15, 0.2) is 18.3 Å².